The molecule has 0 aromatic carbocycles. The van der Waals surface area contributed by atoms with Gasteiger partial charge < -0.3 is 19.7 Å². The molecule has 0 saturated carbocycles. The van der Waals surface area contributed by atoms with Crippen LogP contribution in [0.5, 0.6) is 5.88 Å². The summed E-state index contributed by atoms with van der Waals surface area (Å²) in [7, 11) is 1.56. The second kappa shape index (κ2) is 8.12. The Morgan fingerprint density at radius 1 is 1.50 bits per heavy atom. The molecule has 128 valence electrons. The molecule has 1 saturated heterocycles. The average molecular weight is 347 g/mol. The molecule has 1 unspecified atom stereocenters. The largest absolute Gasteiger partial charge is 0.481 e. The number of amides is 2. The minimum atomic E-state index is -0.147. The first-order valence-electron chi connectivity index (χ1n) is 7.94. The van der Waals surface area contributed by atoms with E-state index in [2.05, 4.69) is 10.3 Å². The molecule has 6 nitrogen and oxygen atoms in total. The number of nitrogens with one attached hydrogen (secondary N) is 1. The maximum atomic E-state index is 12.7. The van der Waals surface area contributed by atoms with E-state index in [1.54, 1.807) is 41.7 Å². The first-order valence-corrected chi connectivity index (χ1v) is 8.82. The molecule has 0 aliphatic carbocycles. The lowest BCUT2D eigenvalue weighted by Crippen LogP contribution is -2.39. The second-order valence-electron chi connectivity index (χ2n) is 5.61. The highest BCUT2D eigenvalue weighted by molar-refractivity contribution is 7.09. The topological polar surface area (TPSA) is 63.7 Å². The number of hydrogen-bond acceptors (Lipinski definition) is 5. The van der Waals surface area contributed by atoms with E-state index in [0.717, 1.165) is 24.3 Å². The van der Waals surface area contributed by atoms with Gasteiger partial charge in [-0.2, -0.15) is 0 Å². The zero-order valence-electron chi connectivity index (χ0n) is 13.6. The van der Waals surface area contributed by atoms with Crippen LogP contribution in [0.2, 0.25) is 0 Å². The van der Waals surface area contributed by atoms with Gasteiger partial charge >= 0.3 is 6.03 Å². The molecule has 2 amide bonds. The molecule has 3 heterocycles. The summed E-state index contributed by atoms with van der Waals surface area (Å²) in [6.07, 6.45) is 3.76. The van der Waals surface area contributed by atoms with Crippen LogP contribution in [0.15, 0.2) is 35.8 Å². The summed E-state index contributed by atoms with van der Waals surface area (Å²) in [5.41, 5.74) is 0.643. The summed E-state index contributed by atoms with van der Waals surface area (Å²) in [6.45, 7) is 1.95. The molecule has 1 atom stereocenters. The van der Waals surface area contributed by atoms with Gasteiger partial charge in [0, 0.05) is 24.1 Å². The fourth-order valence-electron chi connectivity index (χ4n) is 2.62. The predicted molar refractivity (Wildman–Crippen MR) is 93.5 cm³/mol. The fourth-order valence-corrected chi connectivity index (χ4v) is 3.34. The third kappa shape index (κ3) is 4.46. The molecule has 0 radical (unpaired) electrons. The molecule has 2 aromatic rings. The molecule has 2 aromatic heterocycles. The van der Waals surface area contributed by atoms with Gasteiger partial charge in [-0.25, -0.2) is 9.78 Å². The van der Waals surface area contributed by atoms with Crippen molar-refractivity contribution in [2.45, 2.75) is 25.5 Å². The molecule has 3 rings (SSSR count). The minimum Gasteiger partial charge on any atom is -0.481 e. The predicted octanol–water partition coefficient (Wildman–Crippen LogP) is 3.36. The molecule has 1 fully saturated rings. The van der Waals surface area contributed by atoms with Crippen molar-refractivity contribution in [2.75, 3.05) is 25.6 Å². The van der Waals surface area contributed by atoms with E-state index in [0.29, 0.717) is 24.7 Å². The lowest BCUT2D eigenvalue weighted by molar-refractivity contribution is 0.0821. The highest BCUT2D eigenvalue weighted by Crippen LogP contribution is 2.19. The molecule has 1 N–H and O–H groups in total. The number of urea groups is 1. The maximum Gasteiger partial charge on any atom is 0.322 e. The zero-order chi connectivity index (χ0) is 16.8. The number of carbonyl (C=O) groups excluding carboxylic acids is 1. The Morgan fingerprint density at radius 3 is 3.04 bits per heavy atom. The number of thiophene rings is 1. The third-order valence-electron chi connectivity index (χ3n) is 3.86. The van der Waals surface area contributed by atoms with Crippen LogP contribution in [-0.4, -0.2) is 42.3 Å². The van der Waals surface area contributed by atoms with Crippen molar-refractivity contribution in [1.82, 2.24) is 9.88 Å². The van der Waals surface area contributed by atoms with Crippen LogP contribution in [0.4, 0.5) is 10.5 Å². The zero-order valence-corrected chi connectivity index (χ0v) is 14.4. The molecular formula is C17H21N3O3S. The first-order chi connectivity index (χ1) is 11.7. The quantitative estimate of drug-likeness (QED) is 0.870. The van der Waals surface area contributed by atoms with E-state index in [-0.39, 0.29) is 12.1 Å². The standard InChI is InChI=1S/C17H21N3O3S/c1-22-16-7-6-13(10-18-16)19-17(21)20(11-14-4-2-8-23-14)12-15-5-3-9-24-15/h3,5-7,9-10,14H,2,4,8,11-12H2,1H3,(H,19,21). The maximum absolute atomic E-state index is 12.7. The second-order valence-corrected chi connectivity index (χ2v) is 6.65. The van der Waals surface area contributed by atoms with Crippen LogP contribution >= 0.6 is 11.3 Å². The van der Waals surface area contributed by atoms with Gasteiger partial charge in [0.25, 0.3) is 0 Å². The Bertz CT molecular complexity index is 640. The van der Waals surface area contributed by atoms with E-state index < -0.39 is 0 Å². The number of methoxy groups -OCH3 is 1. The Kier molecular flexibility index (Phi) is 5.66. The number of anilines is 1. The first kappa shape index (κ1) is 16.7. The summed E-state index contributed by atoms with van der Waals surface area (Å²) in [4.78, 5) is 19.7. The number of hydrogen-bond donors (Lipinski definition) is 1. The molecule has 1 aliphatic heterocycles. The van der Waals surface area contributed by atoms with Gasteiger partial charge in [-0.3, -0.25) is 0 Å². The van der Waals surface area contributed by atoms with Crippen molar-refractivity contribution in [1.29, 1.82) is 0 Å². The number of rotatable bonds is 6. The van der Waals surface area contributed by atoms with Crippen LogP contribution in [0.25, 0.3) is 0 Å². The van der Waals surface area contributed by atoms with Crippen molar-refractivity contribution in [3.05, 3.63) is 40.7 Å². The van der Waals surface area contributed by atoms with Gasteiger partial charge in [-0.05, 0) is 30.4 Å². The van der Waals surface area contributed by atoms with Crippen LogP contribution in [-0.2, 0) is 11.3 Å². The average Bonchev–Trinajstić information content (AvgIpc) is 3.29. The minimum absolute atomic E-state index is 0.115. The lowest BCUT2D eigenvalue weighted by Gasteiger charge is -2.25. The highest BCUT2D eigenvalue weighted by Gasteiger charge is 2.23. The highest BCUT2D eigenvalue weighted by atomic mass is 32.1. The van der Waals surface area contributed by atoms with E-state index >= 15 is 0 Å². The summed E-state index contributed by atoms with van der Waals surface area (Å²) in [6, 6.07) is 7.38. The smallest absolute Gasteiger partial charge is 0.322 e. The van der Waals surface area contributed by atoms with E-state index in [1.807, 2.05) is 17.5 Å². The normalized spacial score (nSPS) is 16.8. The number of nitrogens with zero attached hydrogens (tertiary/aromatic N) is 2. The van der Waals surface area contributed by atoms with Crippen LogP contribution in [0.3, 0.4) is 0 Å². The Balaban J connectivity index is 1.66. The Hall–Kier alpha value is -2.12. The van der Waals surface area contributed by atoms with Crippen LogP contribution < -0.4 is 10.1 Å². The SMILES string of the molecule is COc1ccc(NC(=O)N(Cc2cccs2)CC2CCCO2)cn1. The number of carbonyl (C=O) groups is 1. The van der Waals surface area contributed by atoms with E-state index in [9.17, 15) is 4.79 Å². The Morgan fingerprint density at radius 2 is 2.42 bits per heavy atom. The number of pyridine rings is 1. The summed E-state index contributed by atoms with van der Waals surface area (Å²) >= 11 is 1.65. The summed E-state index contributed by atoms with van der Waals surface area (Å²) in [5.74, 6) is 0.516. The van der Waals surface area contributed by atoms with Gasteiger partial charge in [-0.15, -0.1) is 11.3 Å². The summed E-state index contributed by atoms with van der Waals surface area (Å²) in [5, 5.41) is 4.92. The third-order valence-corrected chi connectivity index (χ3v) is 4.72. The van der Waals surface area contributed by atoms with Crippen molar-refractivity contribution in [2.24, 2.45) is 0 Å². The Labute approximate surface area is 145 Å². The van der Waals surface area contributed by atoms with E-state index in [4.69, 9.17) is 9.47 Å². The van der Waals surface area contributed by atoms with Gasteiger partial charge in [0.1, 0.15) is 0 Å². The lowest BCUT2D eigenvalue weighted by atomic mass is 10.2. The van der Waals surface area contributed by atoms with Gasteiger partial charge in [0.15, 0.2) is 0 Å². The van der Waals surface area contributed by atoms with E-state index in [1.165, 1.54) is 0 Å². The number of ether oxygens (including phenoxy) is 2. The molecule has 7 heteroatoms. The molecule has 24 heavy (non-hydrogen) atoms. The van der Waals surface area contributed by atoms with Crippen molar-refractivity contribution < 1.29 is 14.3 Å². The van der Waals surface area contributed by atoms with Crippen LogP contribution in [0.1, 0.15) is 17.7 Å². The monoisotopic (exact) mass is 347 g/mol. The van der Waals surface area contributed by atoms with Gasteiger partial charge in [0.05, 0.1) is 31.6 Å². The van der Waals surface area contributed by atoms with Crippen molar-refractivity contribution in [3.63, 3.8) is 0 Å². The van der Waals surface area contributed by atoms with Crippen LogP contribution in [0, 0.1) is 0 Å². The summed E-state index contributed by atoms with van der Waals surface area (Å²) < 4.78 is 10.7. The molecule has 1 aliphatic rings. The van der Waals surface area contributed by atoms with Crippen molar-refractivity contribution >= 4 is 23.1 Å². The molecule has 0 spiro atoms. The fraction of sp³-hybridized carbons (Fsp3) is 0.412. The number of aromatic nitrogens is 1. The van der Waals surface area contributed by atoms with Crippen molar-refractivity contribution in [3.8, 4) is 5.88 Å². The molecular weight excluding hydrogens is 326 g/mol. The molecule has 0 bridgehead atoms. The van der Waals surface area contributed by atoms with Gasteiger partial charge in [-0.1, -0.05) is 6.07 Å². The van der Waals surface area contributed by atoms with Gasteiger partial charge in [0.2, 0.25) is 5.88 Å².